The van der Waals surface area contributed by atoms with E-state index in [1.807, 2.05) is 30.3 Å². The van der Waals surface area contributed by atoms with Crippen LogP contribution in [0.2, 0.25) is 0 Å². The summed E-state index contributed by atoms with van der Waals surface area (Å²) in [5.74, 6) is -3.00. The second kappa shape index (κ2) is 14.0. The molecule has 0 bridgehead atoms. The Labute approximate surface area is 242 Å². The van der Waals surface area contributed by atoms with Gasteiger partial charge >= 0.3 is 5.97 Å². The molecule has 3 amide bonds. The number of rotatable bonds is 13. The summed E-state index contributed by atoms with van der Waals surface area (Å²) in [6, 6.07) is 19.5. The number of phenolic OH excluding ortho intramolecular Hbond substituents is 1. The van der Waals surface area contributed by atoms with Crippen LogP contribution in [0.15, 0.2) is 85.1 Å². The molecule has 3 aromatic carbocycles. The van der Waals surface area contributed by atoms with Crippen LogP contribution in [0.3, 0.4) is 0 Å². The van der Waals surface area contributed by atoms with Crippen LogP contribution < -0.4 is 21.7 Å². The number of aromatic nitrogens is 1. The van der Waals surface area contributed by atoms with E-state index in [0.717, 1.165) is 27.6 Å². The fourth-order valence-electron chi connectivity index (χ4n) is 4.57. The molecule has 11 heteroatoms. The summed E-state index contributed by atoms with van der Waals surface area (Å²) in [5.41, 5.74) is 9.19. The fourth-order valence-corrected chi connectivity index (χ4v) is 4.57. The number of para-hydroxylation sites is 1. The number of aromatic amines is 1. The average Bonchev–Trinajstić information content (AvgIpc) is 3.39. The summed E-state index contributed by atoms with van der Waals surface area (Å²) in [4.78, 5) is 53.7. The molecule has 4 aromatic rings. The number of carboxylic acids is 1. The summed E-state index contributed by atoms with van der Waals surface area (Å²) in [6.45, 7) is -0.489. The number of aliphatic carboxylic acids is 1. The molecule has 0 saturated heterocycles. The Morgan fingerprint density at radius 2 is 1.43 bits per heavy atom. The number of benzene rings is 3. The lowest BCUT2D eigenvalue weighted by atomic mass is 10.0. The minimum atomic E-state index is -1.22. The smallest absolute Gasteiger partial charge is 0.326 e. The van der Waals surface area contributed by atoms with Gasteiger partial charge in [-0.3, -0.25) is 14.4 Å². The predicted octanol–water partition coefficient (Wildman–Crippen LogP) is 1.40. The summed E-state index contributed by atoms with van der Waals surface area (Å²) in [7, 11) is 0. The Kier molecular flexibility index (Phi) is 9.90. The summed E-state index contributed by atoms with van der Waals surface area (Å²) in [6.07, 6.45) is 2.08. The number of carbonyl (C=O) groups is 4. The van der Waals surface area contributed by atoms with E-state index >= 15 is 0 Å². The van der Waals surface area contributed by atoms with Gasteiger partial charge in [-0.1, -0.05) is 60.7 Å². The number of hydrogen-bond donors (Lipinski definition) is 7. The normalized spacial score (nSPS) is 13.1. The highest BCUT2D eigenvalue weighted by Gasteiger charge is 2.26. The number of fused-ring (bicyclic) bond motifs is 1. The number of nitrogens with one attached hydrogen (secondary N) is 4. The molecule has 3 atom stereocenters. The van der Waals surface area contributed by atoms with Crippen molar-refractivity contribution in [1.82, 2.24) is 20.9 Å². The molecule has 42 heavy (non-hydrogen) atoms. The van der Waals surface area contributed by atoms with Gasteiger partial charge in [0.25, 0.3) is 0 Å². The van der Waals surface area contributed by atoms with Crippen molar-refractivity contribution in [3.05, 3.63) is 102 Å². The molecule has 0 aliphatic heterocycles. The van der Waals surface area contributed by atoms with Crippen molar-refractivity contribution in [2.24, 2.45) is 5.73 Å². The second-order valence-electron chi connectivity index (χ2n) is 9.97. The number of hydrogen-bond acceptors (Lipinski definition) is 6. The van der Waals surface area contributed by atoms with Crippen LogP contribution in [0.4, 0.5) is 0 Å². The first-order chi connectivity index (χ1) is 20.2. The maximum atomic E-state index is 13.1. The molecule has 11 nitrogen and oxygen atoms in total. The third-order valence-electron chi connectivity index (χ3n) is 6.80. The SMILES string of the molecule is NC(Cc1ccc(O)cc1)C(=O)NC(Cc1ccccc1)C(=O)NCC(=O)NC(Cc1c[nH]c2ccccc12)C(=O)O. The third kappa shape index (κ3) is 8.18. The minimum absolute atomic E-state index is 0.0463. The number of carboxylic acid groups (broad SMARTS) is 1. The van der Waals surface area contributed by atoms with Crippen molar-refractivity contribution in [1.29, 1.82) is 0 Å². The van der Waals surface area contributed by atoms with E-state index in [0.29, 0.717) is 0 Å². The maximum Gasteiger partial charge on any atom is 0.326 e. The Balaban J connectivity index is 1.37. The lowest BCUT2D eigenvalue weighted by Crippen LogP contribution is -2.54. The van der Waals surface area contributed by atoms with Gasteiger partial charge in [0.15, 0.2) is 0 Å². The van der Waals surface area contributed by atoms with Gasteiger partial charge in [0.2, 0.25) is 17.7 Å². The molecule has 0 saturated carbocycles. The molecule has 0 fully saturated rings. The summed E-state index contributed by atoms with van der Waals surface area (Å²) >= 11 is 0. The quantitative estimate of drug-likeness (QED) is 0.126. The van der Waals surface area contributed by atoms with E-state index < -0.39 is 48.4 Å². The van der Waals surface area contributed by atoms with Gasteiger partial charge in [-0.15, -0.1) is 0 Å². The molecule has 8 N–H and O–H groups in total. The van der Waals surface area contributed by atoms with Crippen LogP contribution in [0.5, 0.6) is 5.75 Å². The first-order valence-corrected chi connectivity index (χ1v) is 13.4. The zero-order valence-corrected chi connectivity index (χ0v) is 22.7. The first kappa shape index (κ1) is 29.8. The van der Waals surface area contributed by atoms with Gasteiger partial charge in [-0.2, -0.15) is 0 Å². The molecule has 0 aliphatic rings. The van der Waals surface area contributed by atoms with Crippen molar-refractivity contribution in [3.8, 4) is 5.75 Å². The molecule has 4 rings (SSSR count). The van der Waals surface area contributed by atoms with Crippen LogP contribution in [0, 0.1) is 0 Å². The van der Waals surface area contributed by atoms with Crippen molar-refractivity contribution < 1.29 is 29.4 Å². The van der Waals surface area contributed by atoms with Crippen molar-refractivity contribution in [2.45, 2.75) is 37.4 Å². The van der Waals surface area contributed by atoms with Crippen LogP contribution >= 0.6 is 0 Å². The van der Waals surface area contributed by atoms with E-state index in [2.05, 4.69) is 20.9 Å². The van der Waals surface area contributed by atoms with Crippen molar-refractivity contribution in [3.63, 3.8) is 0 Å². The van der Waals surface area contributed by atoms with E-state index in [1.54, 1.807) is 42.6 Å². The lowest BCUT2D eigenvalue weighted by molar-refractivity contribution is -0.141. The predicted molar refractivity (Wildman–Crippen MR) is 156 cm³/mol. The van der Waals surface area contributed by atoms with Crippen LogP contribution in [0.1, 0.15) is 16.7 Å². The molecule has 218 valence electrons. The van der Waals surface area contributed by atoms with Gasteiger partial charge < -0.3 is 36.9 Å². The number of aromatic hydroxyl groups is 1. The third-order valence-corrected chi connectivity index (χ3v) is 6.80. The van der Waals surface area contributed by atoms with Crippen molar-refractivity contribution in [2.75, 3.05) is 6.54 Å². The second-order valence-corrected chi connectivity index (χ2v) is 9.97. The molecule has 1 heterocycles. The Morgan fingerprint density at radius 1 is 0.762 bits per heavy atom. The van der Waals surface area contributed by atoms with Crippen LogP contribution in [-0.4, -0.2) is 63.6 Å². The Hall–Kier alpha value is -5.16. The number of phenols is 1. The number of nitrogens with two attached hydrogens (primary N) is 1. The monoisotopic (exact) mass is 571 g/mol. The van der Waals surface area contributed by atoms with E-state index in [1.165, 1.54) is 12.1 Å². The zero-order chi connectivity index (χ0) is 30.1. The maximum absolute atomic E-state index is 13.1. The largest absolute Gasteiger partial charge is 0.508 e. The zero-order valence-electron chi connectivity index (χ0n) is 22.7. The number of H-pyrrole nitrogens is 1. The molecular formula is C31H33N5O6. The molecule has 3 unspecified atom stereocenters. The van der Waals surface area contributed by atoms with Gasteiger partial charge in [0.05, 0.1) is 12.6 Å². The van der Waals surface area contributed by atoms with Crippen molar-refractivity contribution >= 4 is 34.6 Å². The first-order valence-electron chi connectivity index (χ1n) is 13.4. The van der Waals surface area contributed by atoms with E-state index in [-0.39, 0.29) is 25.0 Å². The standard InChI is InChI=1S/C31H33N5O6/c32-24(14-20-10-12-22(37)13-11-20)29(39)36-26(15-19-6-2-1-3-7-19)30(40)34-18-28(38)35-27(31(41)42)16-21-17-33-25-9-5-4-8-23(21)25/h1-13,17,24,26-27,33,37H,14-16,18,32H2,(H,34,40)(H,35,38)(H,36,39)(H,41,42). The highest BCUT2D eigenvalue weighted by atomic mass is 16.4. The van der Waals surface area contributed by atoms with Crippen LogP contribution in [-0.2, 0) is 38.4 Å². The van der Waals surface area contributed by atoms with Gasteiger partial charge in [-0.05, 0) is 41.3 Å². The van der Waals surface area contributed by atoms with Crippen LogP contribution in [0.25, 0.3) is 10.9 Å². The molecule has 0 aliphatic carbocycles. The highest BCUT2D eigenvalue weighted by molar-refractivity contribution is 5.93. The summed E-state index contributed by atoms with van der Waals surface area (Å²) < 4.78 is 0. The Morgan fingerprint density at radius 3 is 2.14 bits per heavy atom. The molecule has 0 spiro atoms. The Bertz CT molecular complexity index is 1540. The minimum Gasteiger partial charge on any atom is -0.508 e. The fraction of sp³-hybridized carbons (Fsp3) is 0.226. The van der Waals surface area contributed by atoms with Gasteiger partial charge in [0.1, 0.15) is 17.8 Å². The number of carbonyl (C=O) groups excluding carboxylic acids is 3. The molecular weight excluding hydrogens is 538 g/mol. The molecule has 0 radical (unpaired) electrons. The average molecular weight is 572 g/mol. The van der Waals surface area contributed by atoms with Gasteiger partial charge in [0, 0.05) is 29.9 Å². The lowest BCUT2D eigenvalue weighted by Gasteiger charge is -2.21. The van der Waals surface area contributed by atoms with E-state index in [4.69, 9.17) is 5.73 Å². The topological polar surface area (TPSA) is 187 Å². The molecule has 1 aromatic heterocycles. The highest BCUT2D eigenvalue weighted by Crippen LogP contribution is 2.19. The number of amides is 3. The summed E-state index contributed by atoms with van der Waals surface area (Å²) in [5, 5.41) is 27.7. The van der Waals surface area contributed by atoms with E-state index in [9.17, 15) is 29.4 Å². The van der Waals surface area contributed by atoms with Gasteiger partial charge in [-0.25, -0.2) is 4.79 Å².